The number of primary sulfonamides is 1. The number of benzene rings is 1. The van der Waals surface area contributed by atoms with E-state index in [4.69, 9.17) is 9.88 Å². The van der Waals surface area contributed by atoms with Crippen LogP contribution in [0.3, 0.4) is 0 Å². The normalized spacial score (nSPS) is 16.1. The molecule has 2 rings (SSSR count). The summed E-state index contributed by atoms with van der Waals surface area (Å²) in [4.78, 5) is 12.5. The molecule has 0 bridgehead atoms. The predicted molar refractivity (Wildman–Crippen MR) is 89.6 cm³/mol. The minimum absolute atomic E-state index is 0.125. The molecule has 1 saturated heterocycles. The molecule has 1 aromatic rings. The van der Waals surface area contributed by atoms with E-state index in [0.29, 0.717) is 18.8 Å². The molecule has 1 fully saturated rings. The van der Waals surface area contributed by atoms with Gasteiger partial charge in [0.25, 0.3) is 5.69 Å². The van der Waals surface area contributed by atoms with Crippen molar-refractivity contribution in [2.24, 2.45) is 5.14 Å². The summed E-state index contributed by atoms with van der Waals surface area (Å²) < 4.78 is 28.1. The number of hydrogen-bond acceptors (Lipinski definition) is 7. The highest BCUT2D eigenvalue weighted by molar-refractivity contribution is 7.89. The molecule has 9 nitrogen and oxygen atoms in total. The van der Waals surface area contributed by atoms with Crippen molar-refractivity contribution < 1.29 is 18.1 Å². The van der Waals surface area contributed by atoms with E-state index in [0.717, 1.165) is 32.0 Å². The van der Waals surface area contributed by atoms with Gasteiger partial charge in [-0.3, -0.25) is 10.1 Å². The minimum atomic E-state index is -4.00. The molecule has 0 spiro atoms. The SMILES string of the molecule is COCCN(c1ccc(S(N)(=O)=O)cc1[N+](=O)[O-])C1CCNCC1. The Kier molecular flexibility index (Phi) is 6.10. The maximum Gasteiger partial charge on any atom is 0.293 e. The van der Waals surface area contributed by atoms with Crippen molar-refractivity contribution in [3.8, 4) is 0 Å². The lowest BCUT2D eigenvalue weighted by Crippen LogP contribution is -2.44. The van der Waals surface area contributed by atoms with Crippen molar-refractivity contribution in [2.75, 3.05) is 38.3 Å². The molecule has 1 heterocycles. The zero-order valence-corrected chi connectivity index (χ0v) is 14.3. The highest BCUT2D eigenvalue weighted by Crippen LogP contribution is 2.33. The number of sulfonamides is 1. The van der Waals surface area contributed by atoms with E-state index >= 15 is 0 Å². The fourth-order valence-electron chi connectivity index (χ4n) is 2.88. The van der Waals surface area contributed by atoms with Crippen LogP contribution in [0.25, 0.3) is 0 Å². The summed E-state index contributed by atoms with van der Waals surface area (Å²) in [6, 6.07) is 3.90. The molecular weight excluding hydrogens is 336 g/mol. The smallest absolute Gasteiger partial charge is 0.293 e. The summed E-state index contributed by atoms with van der Waals surface area (Å²) in [6.45, 7) is 2.56. The van der Waals surface area contributed by atoms with Crippen LogP contribution in [0, 0.1) is 10.1 Å². The summed E-state index contributed by atoms with van der Waals surface area (Å²) in [7, 11) is -2.43. The Labute approximate surface area is 141 Å². The van der Waals surface area contributed by atoms with Gasteiger partial charge in [-0.2, -0.15) is 0 Å². The molecule has 1 aromatic carbocycles. The first kappa shape index (κ1) is 18.6. The van der Waals surface area contributed by atoms with Gasteiger partial charge < -0.3 is 15.0 Å². The molecule has 0 amide bonds. The van der Waals surface area contributed by atoms with Crippen molar-refractivity contribution in [1.29, 1.82) is 0 Å². The average molecular weight is 358 g/mol. The molecule has 1 aliphatic heterocycles. The number of nitrogens with zero attached hydrogens (tertiary/aromatic N) is 2. The molecule has 0 atom stereocenters. The Hall–Kier alpha value is -1.75. The van der Waals surface area contributed by atoms with Crippen LogP contribution in [-0.2, 0) is 14.8 Å². The number of hydrogen-bond donors (Lipinski definition) is 2. The highest BCUT2D eigenvalue weighted by Gasteiger charge is 2.28. The molecule has 134 valence electrons. The molecular formula is C14H22N4O5S. The van der Waals surface area contributed by atoms with Crippen LogP contribution in [0.5, 0.6) is 0 Å². The first-order valence-corrected chi connectivity index (χ1v) is 9.16. The number of rotatable bonds is 7. The van der Waals surface area contributed by atoms with E-state index in [-0.39, 0.29) is 16.6 Å². The van der Waals surface area contributed by atoms with E-state index in [1.54, 1.807) is 7.11 Å². The zero-order chi connectivity index (χ0) is 17.7. The number of anilines is 1. The third kappa shape index (κ3) is 4.41. The molecule has 10 heteroatoms. The van der Waals surface area contributed by atoms with Gasteiger partial charge in [0.1, 0.15) is 5.69 Å². The van der Waals surface area contributed by atoms with Crippen molar-refractivity contribution in [3.63, 3.8) is 0 Å². The van der Waals surface area contributed by atoms with Crippen LogP contribution in [0.2, 0.25) is 0 Å². The number of methoxy groups -OCH3 is 1. The number of nitro groups is 1. The van der Waals surface area contributed by atoms with Crippen molar-refractivity contribution in [1.82, 2.24) is 5.32 Å². The Bertz CT molecular complexity index is 688. The molecule has 0 aliphatic carbocycles. The Balaban J connectivity index is 2.45. The van der Waals surface area contributed by atoms with Gasteiger partial charge in [0.2, 0.25) is 10.0 Å². The number of piperidine rings is 1. The predicted octanol–water partition coefficient (Wildman–Crippen LogP) is 0.447. The van der Waals surface area contributed by atoms with Gasteiger partial charge >= 0.3 is 0 Å². The standard InChI is InChI=1S/C14H22N4O5S/c1-23-9-8-17(11-4-6-16-7-5-11)13-3-2-12(24(15,21)22)10-14(13)18(19)20/h2-3,10-11,16H,4-9H2,1H3,(H2,15,21,22). The van der Waals surface area contributed by atoms with Gasteiger partial charge in [0, 0.05) is 25.8 Å². The molecule has 1 aliphatic rings. The lowest BCUT2D eigenvalue weighted by atomic mass is 10.0. The first-order valence-electron chi connectivity index (χ1n) is 7.62. The third-order valence-corrected chi connectivity index (χ3v) is 4.98. The summed E-state index contributed by atoms with van der Waals surface area (Å²) in [5, 5.41) is 19.8. The van der Waals surface area contributed by atoms with Gasteiger partial charge in [-0.25, -0.2) is 13.6 Å². The topological polar surface area (TPSA) is 128 Å². The monoisotopic (exact) mass is 358 g/mol. The van der Waals surface area contributed by atoms with Crippen molar-refractivity contribution in [3.05, 3.63) is 28.3 Å². The van der Waals surface area contributed by atoms with Crippen LogP contribution in [0.1, 0.15) is 12.8 Å². The van der Waals surface area contributed by atoms with Crippen LogP contribution in [0.4, 0.5) is 11.4 Å². The van der Waals surface area contributed by atoms with Crippen LogP contribution >= 0.6 is 0 Å². The van der Waals surface area contributed by atoms with E-state index in [9.17, 15) is 18.5 Å². The van der Waals surface area contributed by atoms with Crippen LogP contribution < -0.4 is 15.4 Å². The largest absolute Gasteiger partial charge is 0.383 e. The van der Waals surface area contributed by atoms with E-state index in [1.165, 1.54) is 12.1 Å². The quantitative estimate of drug-likeness (QED) is 0.535. The Morgan fingerprint density at radius 1 is 1.42 bits per heavy atom. The van der Waals surface area contributed by atoms with Gasteiger partial charge in [-0.15, -0.1) is 0 Å². The van der Waals surface area contributed by atoms with E-state index in [1.807, 2.05) is 4.90 Å². The summed E-state index contributed by atoms with van der Waals surface area (Å²) >= 11 is 0. The highest BCUT2D eigenvalue weighted by atomic mass is 32.2. The second-order valence-corrected chi connectivity index (χ2v) is 7.18. The maximum absolute atomic E-state index is 11.5. The molecule has 0 radical (unpaired) electrons. The van der Waals surface area contributed by atoms with Gasteiger partial charge in [-0.05, 0) is 38.1 Å². The molecule has 24 heavy (non-hydrogen) atoms. The number of nitrogens with one attached hydrogen (secondary N) is 1. The number of ether oxygens (including phenoxy) is 1. The van der Waals surface area contributed by atoms with Crippen molar-refractivity contribution in [2.45, 2.75) is 23.8 Å². The lowest BCUT2D eigenvalue weighted by molar-refractivity contribution is -0.384. The van der Waals surface area contributed by atoms with Crippen LogP contribution in [-0.4, -0.2) is 52.7 Å². The van der Waals surface area contributed by atoms with Gasteiger partial charge in [0.05, 0.1) is 16.4 Å². The molecule has 0 saturated carbocycles. The molecule has 3 N–H and O–H groups in total. The Morgan fingerprint density at radius 2 is 2.08 bits per heavy atom. The minimum Gasteiger partial charge on any atom is -0.383 e. The van der Waals surface area contributed by atoms with E-state index in [2.05, 4.69) is 5.32 Å². The molecule has 0 unspecified atom stereocenters. The summed E-state index contributed by atoms with van der Waals surface area (Å²) in [6.07, 6.45) is 1.69. The van der Waals surface area contributed by atoms with Crippen LogP contribution in [0.15, 0.2) is 23.1 Å². The summed E-state index contributed by atoms with van der Waals surface area (Å²) in [5.74, 6) is 0. The lowest BCUT2D eigenvalue weighted by Gasteiger charge is -2.36. The molecule has 0 aromatic heterocycles. The fourth-order valence-corrected chi connectivity index (χ4v) is 3.41. The first-order chi connectivity index (χ1) is 11.3. The average Bonchev–Trinajstić information content (AvgIpc) is 2.55. The number of nitro benzene ring substituents is 1. The van der Waals surface area contributed by atoms with Gasteiger partial charge in [0.15, 0.2) is 0 Å². The zero-order valence-electron chi connectivity index (χ0n) is 13.5. The second kappa shape index (κ2) is 7.88. The maximum atomic E-state index is 11.5. The Morgan fingerprint density at radius 3 is 2.62 bits per heavy atom. The summed E-state index contributed by atoms with van der Waals surface area (Å²) in [5.41, 5.74) is 0.118. The third-order valence-electron chi connectivity index (χ3n) is 4.07. The van der Waals surface area contributed by atoms with Gasteiger partial charge in [-0.1, -0.05) is 0 Å². The number of nitrogens with two attached hydrogens (primary N) is 1. The van der Waals surface area contributed by atoms with Crippen molar-refractivity contribution >= 4 is 21.4 Å². The second-order valence-electron chi connectivity index (χ2n) is 5.62. The van der Waals surface area contributed by atoms with E-state index < -0.39 is 14.9 Å². The fraction of sp³-hybridized carbons (Fsp3) is 0.571.